The number of nitrogens with one attached hydrogen (secondary N) is 1. The van der Waals surface area contributed by atoms with Gasteiger partial charge in [-0.3, -0.25) is 9.59 Å². The van der Waals surface area contributed by atoms with E-state index < -0.39 is 0 Å². The van der Waals surface area contributed by atoms with Gasteiger partial charge in [0.15, 0.2) is 0 Å². The molecule has 5 heteroatoms. The lowest BCUT2D eigenvalue weighted by atomic mass is 10.1. The molecule has 0 saturated carbocycles. The van der Waals surface area contributed by atoms with Crippen LogP contribution in [0.5, 0.6) is 0 Å². The number of hydrogen-bond donors (Lipinski definition) is 1. The Morgan fingerprint density at radius 3 is 2.57 bits per heavy atom. The molecule has 0 radical (unpaired) electrons. The first-order valence-electron chi connectivity index (χ1n) is 7.36. The van der Waals surface area contributed by atoms with Gasteiger partial charge in [0.05, 0.1) is 0 Å². The van der Waals surface area contributed by atoms with Crippen molar-refractivity contribution in [1.29, 1.82) is 0 Å². The zero-order valence-electron chi connectivity index (χ0n) is 12.8. The summed E-state index contributed by atoms with van der Waals surface area (Å²) in [5.41, 5.74) is 1.72. The molecule has 0 bridgehead atoms. The Morgan fingerprint density at radius 2 is 2.00 bits per heavy atom. The molecule has 0 unspecified atom stereocenters. The van der Waals surface area contributed by atoms with Crippen LogP contribution in [0.3, 0.4) is 0 Å². The highest BCUT2D eigenvalue weighted by molar-refractivity contribution is 5.94. The fourth-order valence-electron chi connectivity index (χ4n) is 2.35. The summed E-state index contributed by atoms with van der Waals surface area (Å²) in [5, 5.41) is 2.88. The summed E-state index contributed by atoms with van der Waals surface area (Å²) in [6, 6.07) is 7.49. The summed E-state index contributed by atoms with van der Waals surface area (Å²) in [7, 11) is 3.95. The minimum Gasteiger partial charge on any atom is -0.351 e. The molecule has 1 N–H and O–H groups in total. The maximum atomic E-state index is 11.9. The summed E-state index contributed by atoms with van der Waals surface area (Å²) in [4.78, 5) is 27.4. The molecule has 2 amide bonds. The van der Waals surface area contributed by atoms with Gasteiger partial charge in [-0.05, 0) is 38.2 Å². The Bertz CT molecular complexity index is 497. The van der Waals surface area contributed by atoms with Crippen molar-refractivity contribution in [2.24, 2.45) is 0 Å². The van der Waals surface area contributed by atoms with Gasteiger partial charge in [0.1, 0.15) is 0 Å². The van der Waals surface area contributed by atoms with E-state index in [2.05, 4.69) is 5.32 Å². The number of hydrogen-bond acceptors (Lipinski definition) is 3. The van der Waals surface area contributed by atoms with E-state index in [1.54, 1.807) is 0 Å². The molecule has 0 aromatic heterocycles. The first kappa shape index (κ1) is 15.5. The molecule has 0 atom stereocenters. The second-order valence-corrected chi connectivity index (χ2v) is 5.67. The number of benzene rings is 1. The molecule has 1 aliphatic rings. The predicted molar refractivity (Wildman–Crippen MR) is 82.0 cm³/mol. The molecule has 5 nitrogen and oxygen atoms in total. The van der Waals surface area contributed by atoms with Gasteiger partial charge in [0, 0.05) is 38.2 Å². The monoisotopic (exact) mass is 289 g/mol. The highest BCUT2D eigenvalue weighted by Crippen LogP contribution is 2.14. The Balaban J connectivity index is 1.86. The zero-order valence-corrected chi connectivity index (χ0v) is 12.8. The predicted octanol–water partition coefficient (Wildman–Crippen LogP) is 1.10. The highest BCUT2D eigenvalue weighted by Gasteiger charge is 2.19. The minimum absolute atomic E-state index is 0.0550. The van der Waals surface area contributed by atoms with Crippen molar-refractivity contribution in [2.45, 2.75) is 19.4 Å². The highest BCUT2D eigenvalue weighted by atomic mass is 16.2. The van der Waals surface area contributed by atoms with Crippen LogP contribution < -0.4 is 5.32 Å². The molecule has 0 spiro atoms. The third kappa shape index (κ3) is 4.56. The molecule has 1 aromatic rings. The number of likely N-dealkylation sites (tertiary alicyclic amines) is 1. The number of rotatable bonds is 6. The third-order valence-corrected chi connectivity index (χ3v) is 3.61. The van der Waals surface area contributed by atoms with E-state index in [1.807, 2.05) is 48.2 Å². The van der Waals surface area contributed by atoms with Crippen LogP contribution in [0.15, 0.2) is 24.3 Å². The first-order valence-corrected chi connectivity index (χ1v) is 7.36. The lowest BCUT2D eigenvalue weighted by Gasteiger charge is -2.15. The van der Waals surface area contributed by atoms with Crippen LogP contribution in [0.4, 0.5) is 0 Å². The van der Waals surface area contributed by atoms with Crippen LogP contribution in [0.25, 0.3) is 0 Å². The van der Waals surface area contributed by atoms with Crippen molar-refractivity contribution in [2.75, 3.05) is 33.7 Å². The van der Waals surface area contributed by atoms with Crippen LogP contribution in [-0.4, -0.2) is 55.3 Å². The van der Waals surface area contributed by atoms with Crippen molar-refractivity contribution in [1.82, 2.24) is 15.1 Å². The second kappa shape index (κ2) is 7.22. The largest absolute Gasteiger partial charge is 0.351 e. The molecular weight excluding hydrogens is 266 g/mol. The minimum atomic E-state index is -0.0550. The van der Waals surface area contributed by atoms with Crippen molar-refractivity contribution in [3.8, 4) is 0 Å². The van der Waals surface area contributed by atoms with Crippen LogP contribution in [0, 0.1) is 0 Å². The standard InChI is InChI=1S/C16H23N3O2/c1-18(2)11-9-17-16(21)14-7-5-13(6-8-14)12-19-10-3-4-15(19)20/h5-8H,3-4,9-12H2,1-2H3,(H,17,21). The number of nitrogens with zero attached hydrogens (tertiary/aromatic N) is 2. The van der Waals surface area contributed by atoms with E-state index in [-0.39, 0.29) is 11.8 Å². The molecule has 1 aliphatic heterocycles. The zero-order chi connectivity index (χ0) is 15.2. The summed E-state index contributed by atoms with van der Waals surface area (Å²) in [6.45, 7) is 2.93. The van der Waals surface area contributed by atoms with Gasteiger partial charge in [-0.2, -0.15) is 0 Å². The first-order chi connectivity index (χ1) is 10.1. The van der Waals surface area contributed by atoms with Gasteiger partial charge in [0.25, 0.3) is 5.91 Å². The average Bonchev–Trinajstić information content (AvgIpc) is 2.84. The fraction of sp³-hybridized carbons (Fsp3) is 0.500. The van der Waals surface area contributed by atoms with Gasteiger partial charge < -0.3 is 15.1 Å². The van der Waals surface area contributed by atoms with Crippen LogP contribution in [0.2, 0.25) is 0 Å². The Labute approximate surface area is 125 Å². The van der Waals surface area contributed by atoms with Crippen molar-refractivity contribution >= 4 is 11.8 Å². The number of amides is 2. The van der Waals surface area contributed by atoms with Crippen LogP contribution >= 0.6 is 0 Å². The van der Waals surface area contributed by atoms with Crippen LogP contribution in [0.1, 0.15) is 28.8 Å². The molecule has 1 saturated heterocycles. The van der Waals surface area contributed by atoms with Gasteiger partial charge in [-0.25, -0.2) is 0 Å². The Kier molecular flexibility index (Phi) is 5.33. The summed E-state index contributed by atoms with van der Waals surface area (Å²) < 4.78 is 0. The Morgan fingerprint density at radius 1 is 1.29 bits per heavy atom. The van der Waals surface area contributed by atoms with Gasteiger partial charge in [0.2, 0.25) is 5.91 Å². The molecule has 2 rings (SSSR count). The summed E-state index contributed by atoms with van der Waals surface area (Å²) in [5.74, 6) is 0.168. The molecule has 0 aliphatic carbocycles. The molecule has 21 heavy (non-hydrogen) atoms. The third-order valence-electron chi connectivity index (χ3n) is 3.61. The quantitative estimate of drug-likeness (QED) is 0.853. The van der Waals surface area contributed by atoms with E-state index in [1.165, 1.54) is 0 Å². The van der Waals surface area contributed by atoms with Crippen molar-refractivity contribution in [3.63, 3.8) is 0 Å². The summed E-state index contributed by atoms with van der Waals surface area (Å²) in [6.07, 6.45) is 1.61. The SMILES string of the molecule is CN(C)CCNC(=O)c1ccc(CN2CCCC2=O)cc1. The van der Waals surface area contributed by atoms with E-state index in [0.29, 0.717) is 25.1 Å². The lowest BCUT2D eigenvalue weighted by molar-refractivity contribution is -0.128. The fourth-order valence-corrected chi connectivity index (χ4v) is 2.35. The van der Waals surface area contributed by atoms with E-state index in [4.69, 9.17) is 0 Å². The maximum absolute atomic E-state index is 11.9. The number of carbonyl (C=O) groups is 2. The molecule has 1 fully saturated rings. The Hall–Kier alpha value is -1.88. The molecule has 114 valence electrons. The van der Waals surface area contributed by atoms with Crippen molar-refractivity contribution < 1.29 is 9.59 Å². The van der Waals surface area contributed by atoms with Gasteiger partial charge in [-0.15, -0.1) is 0 Å². The maximum Gasteiger partial charge on any atom is 0.251 e. The van der Waals surface area contributed by atoms with E-state index >= 15 is 0 Å². The normalized spacial score (nSPS) is 14.8. The second-order valence-electron chi connectivity index (χ2n) is 5.67. The molecule has 1 aromatic carbocycles. The molecular formula is C16H23N3O2. The van der Waals surface area contributed by atoms with Crippen LogP contribution in [-0.2, 0) is 11.3 Å². The molecule has 1 heterocycles. The number of carbonyl (C=O) groups excluding carboxylic acids is 2. The van der Waals surface area contributed by atoms with Gasteiger partial charge in [-0.1, -0.05) is 12.1 Å². The van der Waals surface area contributed by atoms with E-state index in [9.17, 15) is 9.59 Å². The summed E-state index contributed by atoms with van der Waals surface area (Å²) >= 11 is 0. The van der Waals surface area contributed by atoms with E-state index in [0.717, 1.165) is 25.1 Å². The smallest absolute Gasteiger partial charge is 0.251 e. The number of likely N-dealkylation sites (N-methyl/N-ethyl adjacent to an activating group) is 1. The average molecular weight is 289 g/mol. The topological polar surface area (TPSA) is 52.7 Å². The van der Waals surface area contributed by atoms with Gasteiger partial charge >= 0.3 is 0 Å². The van der Waals surface area contributed by atoms with Crippen molar-refractivity contribution in [3.05, 3.63) is 35.4 Å². The lowest BCUT2D eigenvalue weighted by Crippen LogP contribution is -2.31.